The van der Waals surface area contributed by atoms with Crippen LogP contribution in [0, 0.1) is 11.3 Å². The van der Waals surface area contributed by atoms with Crippen molar-refractivity contribution in [3.05, 3.63) is 60.2 Å². The van der Waals surface area contributed by atoms with Crippen molar-refractivity contribution in [1.29, 1.82) is 5.26 Å². The van der Waals surface area contributed by atoms with E-state index in [1.807, 2.05) is 48.5 Å². The van der Waals surface area contributed by atoms with Gasteiger partial charge in [0.15, 0.2) is 0 Å². The van der Waals surface area contributed by atoms with Gasteiger partial charge in [-0.15, -0.1) is 11.8 Å². The number of carbonyl (C=O) groups is 1. The Morgan fingerprint density at radius 3 is 2.92 bits per heavy atom. The molecule has 0 bridgehead atoms. The van der Waals surface area contributed by atoms with Gasteiger partial charge in [0.25, 0.3) is 0 Å². The monoisotopic (exact) mass is 338 g/mol. The number of nitrogens with zero attached hydrogens (tertiary/aromatic N) is 1. The Morgan fingerprint density at radius 2 is 2.12 bits per heavy atom. The van der Waals surface area contributed by atoms with Crippen LogP contribution in [0.2, 0.25) is 0 Å². The fourth-order valence-electron chi connectivity index (χ4n) is 1.99. The zero-order chi connectivity index (χ0) is 17.2. The molecule has 24 heavy (non-hydrogen) atoms. The lowest BCUT2D eigenvalue weighted by atomic mass is 10.2. The van der Waals surface area contributed by atoms with Gasteiger partial charge in [0, 0.05) is 23.1 Å². The lowest BCUT2D eigenvalue weighted by Gasteiger charge is -2.08. The summed E-state index contributed by atoms with van der Waals surface area (Å²) < 4.78 is 5.16. The van der Waals surface area contributed by atoms with Crippen LogP contribution in [0.4, 0.5) is 5.69 Å². The molecule has 0 aliphatic rings. The number of para-hydroxylation sites is 1. The van der Waals surface area contributed by atoms with Gasteiger partial charge in [-0.05, 0) is 35.9 Å². The van der Waals surface area contributed by atoms with Crippen LogP contribution in [0.15, 0.2) is 59.5 Å². The van der Waals surface area contributed by atoms with Crippen molar-refractivity contribution in [3.8, 4) is 11.8 Å². The molecule has 0 saturated heterocycles. The second kappa shape index (κ2) is 9.43. The molecule has 0 fully saturated rings. The van der Waals surface area contributed by atoms with Gasteiger partial charge < -0.3 is 10.1 Å². The third-order valence-corrected chi connectivity index (χ3v) is 4.21. The van der Waals surface area contributed by atoms with Crippen LogP contribution in [0.5, 0.6) is 5.75 Å². The normalized spacial score (nSPS) is 10.3. The zero-order valence-electron chi connectivity index (χ0n) is 13.4. The Kier molecular flexibility index (Phi) is 6.93. The van der Waals surface area contributed by atoms with Crippen LogP contribution in [0.3, 0.4) is 0 Å². The highest BCUT2D eigenvalue weighted by atomic mass is 32.2. The van der Waals surface area contributed by atoms with Crippen LogP contribution >= 0.6 is 11.8 Å². The van der Waals surface area contributed by atoms with Crippen molar-refractivity contribution in [2.45, 2.75) is 11.3 Å². The standard InChI is InChI=1S/C19H18N2O2S/c1-23-16-7-4-6-15(14-16)10-11-19(22)21-17-8-2-3-9-18(17)24-13-5-12-20/h2-4,6-11,14H,5,13H2,1H3,(H,21,22)/b11-10+. The van der Waals surface area contributed by atoms with E-state index in [4.69, 9.17) is 10.00 Å². The van der Waals surface area contributed by atoms with Crippen molar-refractivity contribution in [2.75, 3.05) is 18.2 Å². The minimum atomic E-state index is -0.203. The summed E-state index contributed by atoms with van der Waals surface area (Å²) >= 11 is 1.56. The Balaban J connectivity index is 2.01. The van der Waals surface area contributed by atoms with Gasteiger partial charge in [-0.3, -0.25) is 4.79 Å². The number of carbonyl (C=O) groups excluding carboxylic acids is 1. The third-order valence-electron chi connectivity index (χ3n) is 3.14. The van der Waals surface area contributed by atoms with Gasteiger partial charge in [0.05, 0.1) is 18.9 Å². The van der Waals surface area contributed by atoms with Crippen molar-refractivity contribution in [2.24, 2.45) is 0 Å². The number of amides is 1. The van der Waals surface area contributed by atoms with Crippen LogP contribution in [-0.2, 0) is 4.79 Å². The Labute approximate surface area is 146 Å². The minimum Gasteiger partial charge on any atom is -0.497 e. The molecule has 4 nitrogen and oxygen atoms in total. The molecule has 5 heteroatoms. The second-order valence-electron chi connectivity index (χ2n) is 4.85. The molecule has 0 heterocycles. The SMILES string of the molecule is COc1cccc(/C=C/C(=O)Nc2ccccc2SCCC#N)c1. The molecule has 122 valence electrons. The highest BCUT2D eigenvalue weighted by Gasteiger charge is 2.05. The highest BCUT2D eigenvalue weighted by molar-refractivity contribution is 7.99. The molecule has 0 atom stereocenters. The average molecular weight is 338 g/mol. The molecule has 0 aromatic heterocycles. The molecule has 1 N–H and O–H groups in total. The molecule has 0 spiro atoms. The van der Waals surface area contributed by atoms with E-state index in [1.54, 1.807) is 24.9 Å². The molecular formula is C19H18N2O2S. The number of hydrogen-bond acceptors (Lipinski definition) is 4. The van der Waals surface area contributed by atoms with E-state index in [0.717, 1.165) is 21.9 Å². The van der Waals surface area contributed by atoms with Crippen LogP contribution in [0.1, 0.15) is 12.0 Å². The number of benzene rings is 2. The van der Waals surface area contributed by atoms with Crippen LogP contribution in [-0.4, -0.2) is 18.8 Å². The van der Waals surface area contributed by atoms with Crippen molar-refractivity contribution >= 4 is 29.4 Å². The number of hydrogen-bond donors (Lipinski definition) is 1. The molecule has 0 aliphatic carbocycles. The van der Waals surface area contributed by atoms with E-state index in [0.29, 0.717) is 12.2 Å². The fraction of sp³-hybridized carbons (Fsp3) is 0.158. The predicted molar refractivity (Wildman–Crippen MR) is 98.1 cm³/mol. The Hall–Kier alpha value is -2.71. The van der Waals surface area contributed by atoms with Crippen molar-refractivity contribution in [3.63, 3.8) is 0 Å². The second-order valence-corrected chi connectivity index (χ2v) is 5.99. The molecule has 2 rings (SSSR count). The highest BCUT2D eigenvalue weighted by Crippen LogP contribution is 2.27. The molecule has 0 aliphatic heterocycles. The van der Waals surface area contributed by atoms with E-state index in [9.17, 15) is 4.79 Å². The molecule has 0 saturated carbocycles. The first-order chi connectivity index (χ1) is 11.7. The Bertz CT molecular complexity index is 766. The molecular weight excluding hydrogens is 320 g/mol. The summed E-state index contributed by atoms with van der Waals surface area (Å²) in [6, 6.07) is 17.2. The fourth-order valence-corrected chi connectivity index (χ4v) is 2.86. The summed E-state index contributed by atoms with van der Waals surface area (Å²) in [5.74, 6) is 1.24. The Morgan fingerprint density at radius 1 is 1.29 bits per heavy atom. The van der Waals surface area contributed by atoms with Crippen molar-refractivity contribution < 1.29 is 9.53 Å². The van der Waals surface area contributed by atoms with Gasteiger partial charge in [-0.25, -0.2) is 0 Å². The van der Waals surface area contributed by atoms with E-state index in [2.05, 4.69) is 11.4 Å². The summed E-state index contributed by atoms with van der Waals surface area (Å²) in [5, 5.41) is 11.5. The summed E-state index contributed by atoms with van der Waals surface area (Å²) in [5.41, 5.74) is 1.64. The number of nitrogens with one attached hydrogen (secondary N) is 1. The summed E-state index contributed by atoms with van der Waals surface area (Å²) in [6.07, 6.45) is 3.71. The minimum absolute atomic E-state index is 0.203. The molecule has 2 aromatic carbocycles. The lowest BCUT2D eigenvalue weighted by molar-refractivity contribution is -0.111. The van der Waals surface area contributed by atoms with Crippen molar-refractivity contribution in [1.82, 2.24) is 0 Å². The number of anilines is 1. The smallest absolute Gasteiger partial charge is 0.248 e. The largest absolute Gasteiger partial charge is 0.497 e. The zero-order valence-corrected chi connectivity index (χ0v) is 14.2. The number of rotatable bonds is 7. The van der Waals surface area contributed by atoms with Gasteiger partial charge >= 0.3 is 0 Å². The number of methoxy groups -OCH3 is 1. The average Bonchev–Trinajstić information content (AvgIpc) is 2.62. The predicted octanol–water partition coefficient (Wildman–Crippen LogP) is 4.35. The summed E-state index contributed by atoms with van der Waals surface area (Å²) in [6.45, 7) is 0. The number of nitriles is 1. The quantitative estimate of drug-likeness (QED) is 0.463. The van der Waals surface area contributed by atoms with E-state index in [1.165, 1.54) is 6.08 Å². The summed E-state index contributed by atoms with van der Waals surface area (Å²) in [7, 11) is 1.61. The van der Waals surface area contributed by atoms with E-state index in [-0.39, 0.29) is 5.91 Å². The van der Waals surface area contributed by atoms with E-state index >= 15 is 0 Å². The first-order valence-corrected chi connectivity index (χ1v) is 8.43. The molecule has 1 amide bonds. The summed E-state index contributed by atoms with van der Waals surface area (Å²) in [4.78, 5) is 13.1. The number of thioether (sulfide) groups is 1. The van der Waals surface area contributed by atoms with Gasteiger partial charge in [-0.2, -0.15) is 5.26 Å². The topological polar surface area (TPSA) is 62.1 Å². The first kappa shape index (κ1) is 17.6. The van der Waals surface area contributed by atoms with Crippen LogP contribution in [0.25, 0.3) is 6.08 Å². The van der Waals surface area contributed by atoms with Gasteiger partial charge in [0.1, 0.15) is 5.75 Å². The maximum atomic E-state index is 12.1. The lowest BCUT2D eigenvalue weighted by Crippen LogP contribution is -2.08. The van der Waals surface area contributed by atoms with E-state index < -0.39 is 0 Å². The molecule has 0 radical (unpaired) electrons. The van der Waals surface area contributed by atoms with Crippen LogP contribution < -0.4 is 10.1 Å². The number of ether oxygens (including phenoxy) is 1. The third kappa shape index (κ3) is 5.49. The van der Waals surface area contributed by atoms with Gasteiger partial charge in [-0.1, -0.05) is 24.3 Å². The van der Waals surface area contributed by atoms with Gasteiger partial charge in [0.2, 0.25) is 5.91 Å². The first-order valence-electron chi connectivity index (χ1n) is 7.45. The maximum absolute atomic E-state index is 12.1. The maximum Gasteiger partial charge on any atom is 0.248 e. The molecule has 2 aromatic rings. The molecule has 0 unspecified atom stereocenters.